The molecule has 0 aliphatic carbocycles. The largest absolute Gasteiger partial charge is 0.423 e. The summed E-state index contributed by atoms with van der Waals surface area (Å²) in [5, 5.41) is 0. The Morgan fingerprint density at radius 3 is 1.03 bits per heavy atom. The lowest BCUT2D eigenvalue weighted by Gasteiger charge is -2.34. The van der Waals surface area contributed by atoms with E-state index in [-0.39, 0.29) is 24.2 Å². The molecule has 0 aromatic heterocycles. The van der Waals surface area contributed by atoms with Crippen LogP contribution in [-0.2, 0) is 28.6 Å². The van der Waals surface area contributed by atoms with E-state index >= 15 is 0 Å². The number of esters is 3. The van der Waals surface area contributed by atoms with E-state index in [0.29, 0.717) is 44.9 Å². The lowest BCUT2D eigenvalue weighted by Crippen LogP contribution is -2.47. The molecule has 0 aromatic rings. The fourth-order valence-corrected chi connectivity index (χ4v) is 4.05. The summed E-state index contributed by atoms with van der Waals surface area (Å²) in [5.41, 5.74) is 0. The van der Waals surface area contributed by atoms with Gasteiger partial charge in [-0.05, 0) is 44.9 Å². The third kappa shape index (κ3) is 11.7. The summed E-state index contributed by atoms with van der Waals surface area (Å²) in [6, 6.07) is 0. The van der Waals surface area contributed by atoms with Crippen LogP contribution >= 0.6 is 0 Å². The number of unbranched alkanes of at least 4 members (excludes halogenated alkanes) is 3. The quantitative estimate of drug-likeness (QED) is 0.130. The van der Waals surface area contributed by atoms with Gasteiger partial charge in [-0.1, -0.05) is 87.0 Å². The molecule has 0 spiro atoms. The van der Waals surface area contributed by atoms with Crippen LogP contribution in [0.15, 0.2) is 0 Å². The summed E-state index contributed by atoms with van der Waals surface area (Å²) in [7, 11) is 0. The first kappa shape index (κ1) is 32.4. The molecule has 0 saturated carbocycles. The van der Waals surface area contributed by atoms with Gasteiger partial charge in [0.2, 0.25) is 0 Å². The van der Waals surface area contributed by atoms with Crippen molar-refractivity contribution in [1.82, 2.24) is 0 Å². The van der Waals surface area contributed by atoms with Gasteiger partial charge < -0.3 is 14.2 Å². The van der Waals surface area contributed by atoms with Crippen LogP contribution in [0, 0.1) is 17.8 Å². The number of hydrogen-bond donors (Lipinski definition) is 0. The molecule has 0 heterocycles. The minimum Gasteiger partial charge on any atom is -0.388 e. The van der Waals surface area contributed by atoms with Crippen LogP contribution in [0.25, 0.3) is 0 Å². The molecule has 0 saturated heterocycles. The van der Waals surface area contributed by atoms with E-state index in [9.17, 15) is 14.4 Å². The summed E-state index contributed by atoms with van der Waals surface area (Å²) in [4.78, 5) is 39.5. The van der Waals surface area contributed by atoms with E-state index in [4.69, 9.17) is 14.2 Å². The summed E-state index contributed by atoms with van der Waals surface area (Å²) in [6.45, 7) is 13.9. The van der Waals surface area contributed by atoms with Gasteiger partial charge >= 0.3 is 23.9 Å². The predicted molar refractivity (Wildman–Crippen MR) is 136 cm³/mol. The Balaban J connectivity index is 5.98. The monoisotopic (exact) mass is 484 g/mol. The Morgan fingerprint density at radius 2 is 0.824 bits per heavy atom. The SMILES string of the molecule is CCCCC(CC)C(=O)OC(CCC)(OC(=O)C(CC)CCCC)OC(=O)C(CC)CCCC. The van der Waals surface area contributed by atoms with Crippen molar-refractivity contribution in [2.45, 2.75) is 144 Å². The zero-order valence-electron chi connectivity index (χ0n) is 23.1. The second-order valence-electron chi connectivity index (χ2n) is 9.44. The Kier molecular flexibility index (Phi) is 17.8. The van der Waals surface area contributed by atoms with E-state index in [0.717, 1.165) is 38.5 Å². The number of carbonyl (C=O) groups excluding carboxylic acids is 3. The molecular weight excluding hydrogens is 432 g/mol. The molecule has 200 valence electrons. The Morgan fingerprint density at radius 1 is 0.529 bits per heavy atom. The van der Waals surface area contributed by atoms with E-state index in [1.54, 1.807) is 0 Å². The van der Waals surface area contributed by atoms with Crippen LogP contribution < -0.4 is 0 Å². The molecule has 34 heavy (non-hydrogen) atoms. The van der Waals surface area contributed by atoms with Crippen LogP contribution in [0.4, 0.5) is 0 Å². The first-order valence-corrected chi connectivity index (χ1v) is 14.0. The maximum Gasteiger partial charge on any atom is 0.423 e. The van der Waals surface area contributed by atoms with Crippen molar-refractivity contribution in [1.29, 1.82) is 0 Å². The molecular formula is C28H52O6. The first-order valence-electron chi connectivity index (χ1n) is 14.0. The highest BCUT2D eigenvalue weighted by atomic mass is 16.9. The lowest BCUT2D eigenvalue weighted by molar-refractivity contribution is -0.337. The molecule has 0 bridgehead atoms. The summed E-state index contributed by atoms with van der Waals surface area (Å²) in [6.07, 6.45) is 10.2. The van der Waals surface area contributed by atoms with E-state index in [2.05, 4.69) is 20.8 Å². The fraction of sp³-hybridized carbons (Fsp3) is 0.893. The molecule has 3 atom stereocenters. The van der Waals surface area contributed by atoms with Crippen LogP contribution in [-0.4, -0.2) is 23.9 Å². The van der Waals surface area contributed by atoms with Gasteiger partial charge in [-0.3, -0.25) is 14.4 Å². The average Bonchev–Trinajstić information content (AvgIpc) is 2.80. The maximum absolute atomic E-state index is 13.2. The molecule has 0 fully saturated rings. The van der Waals surface area contributed by atoms with Crippen molar-refractivity contribution in [2.24, 2.45) is 17.8 Å². The van der Waals surface area contributed by atoms with Crippen LogP contribution in [0.1, 0.15) is 138 Å². The summed E-state index contributed by atoms with van der Waals surface area (Å²) in [5.74, 6) is -4.36. The molecule has 3 unspecified atom stereocenters. The minimum absolute atomic E-state index is 0.120. The molecule has 0 aliphatic rings. The van der Waals surface area contributed by atoms with Crippen molar-refractivity contribution >= 4 is 17.9 Å². The number of hydrogen-bond acceptors (Lipinski definition) is 6. The molecule has 0 N–H and O–H groups in total. The van der Waals surface area contributed by atoms with Gasteiger partial charge in [0.15, 0.2) is 0 Å². The number of carbonyl (C=O) groups is 3. The molecule has 6 heteroatoms. The lowest BCUT2D eigenvalue weighted by atomic mass is 9.99. The van der Waals surface area contributed by atoms with Crippen LogP contribution in [0.3, 0.4) is 0 Å². The van der Waals surface area contributed by atoms with Gasteiger partial charge in [0.05, 0.1) is 24.2 Å². The number of ether oxygens (including phenoxy) is 3. The molecule has 0 amide bonds. The maximum atomic E-state index is 13.2. The smallest absolute Gasteiger partial charge is 0.388 e. The van der Waals surface area contributed by atoms with Crippen LogP contribution in [0.5, 0.6) is 0 Å². The molecule has 0 aliphatic heterocycles. The highest BCUT2D eigenvalue weighted by Crippen LogP contribution is 2.31. The first-order chi connectivity index (χ1) is 16.3. The van der Waals surface area contributed by atoms with E-state index in [1.807, 2.05) is 27.7 Å². The molecule has 6 nitrogen and oxygen atoms in total. The van der Waals surface area contributed by atoms with Crippen molar-refractivity contribution in [3.8, 4) is 0 Å². The van der Waals surface area contributed by atoms with E-state index in [1.165, 1.54) is 0 Å². The van der Waals surface area contributed by atoms with Gasteiger partial charge in [0.1, 0.15) is 0 Å². The van der Waals surface area contributed by atoms with Gasteiger partial charge in [0, 0.05) is 0 Å². The third-order valence-electron chi connectivity index (χ3n) is 6.52. The molecule has 0 rings (SSSR count). The zero-order valence-corrected chi connectivity index (χ0v) is 23.1. The van der Waals surface area contributed by atoms with E-state index < -0.39 is 23.9 Å². The second-order valence-corrected chi connectivity index (χ2v) is 9.44. The molecule has 0 radical (unpaired) electrons. The normalized spacial score (nSPS) is 15.6. The van der Waals surface area contributed by atoms with Gasteiger partial charge in [-0.15, -0.1) is 0 Å². The predicted octanol–water partition coefficient (Wildman–Crippen LogP) is 7.72. The summed E-state index contributed by atoms with van der Waals surface area (Å²) < 4.78 is 17.5. The van der Waals surface area contributed by atoms with Gasteiger partial charge in [-0.2, -0.15) is 0 Å². The highest BCUT2D eigenvalue weighted by molar-refractivity contribution is 5.76. The standard InChI is InChI=1S/C28H52O6/c1-8-15-18-22(12-5)25(29)32-28(21-11-4,33-26(30)23(13-6)19-16-9-2)34-27(31)24(14-7)20-17-10-3/h22-24H,8-21H2,1-7H3. The van der Waals surface area contributed by atoms with Crippen molar-refractivity contribution in [3.05, 3.63) is 0 Å². The zero-order chi connectivity index (χ0) is 26.0. The Hall–Kier alpha value is -1.59. The second kappa shape index (κ2) is 18.7. The highest BCUT2D eigenvalue weighted by Gasteiger charge is 2.45. The van der Waals surface area contributed by atoms with Crippen molar-refractivity contribution in [2.75, 3.05) is 0 Å². The molecule has 0 aromatic carbocycles. The average molecular weight is 485 g/mol. The Bertz CT molecular complexity index is 499. The van der Waals surface area contributed by atoms with Crippen molar-refractivity contribution < 1.29 is 28.6 Å². The third-order valence-corrected chi connectivity index (χ3v) is 6.52. The van der Waals surface area contributed by atoms with Crippen LogP contribution in [0.2, 0.25) is 0 Å². The minimum atomic E-state index is -2.00. The summed E-state index contributed by atoms with van der Waals surface area (Å²) >= 11 is 0. The van der Waals surface area contributed by atoms with Gasteiger partial charge in [0.25, 0.3) is 0 Å². The van der Waals surface area contributed by atoms with Crippen molar-refractivity contribution in [3.63, 3.8) is 0 Å². The van der Waals surface area contributed by atoms with Gasteiger partial charge in [-0.25, -0.2) is 0 Å². The Labute approximate surface area is 208 Å². The fourth-order valence-electron chi connectivity index (χ4n) is 4.05. The number of rotatable bonds is 20. The topological polar surface area (TPSA) is 78.9 Å².